The molecular weight excluding hydrogens is 200 g/mol. The van der Waals surface area contributed by atoms with Crippen LogP contribution in [-0.4, -0.2) is 29.5 Å². The van der Waals surface area contributed by atoms with Crippen molar-refractivity contribution in [3.05, 3.63) is 0 Å². The molecule has 2 nitrogen and oxygen atoms in total. The second kappa shape index (κ2) is 14.1. The van der Waals surface area contributed by atoms with Crippen molar-refractivity contribution in [1.29, 1.82) is 0 Å². The predicted octanol–water partition coefficient (Wildman–Crippen LogP) is 1.37. The summed E-state index contributed by atoms with van der Waals surface area (Å²) in [7, 11) is 1.29. The highest BCUT2D eigenvalue weighted by Crippen LogP contribution is 2.08. The summed E-state index contributed by atoms with van der Waals surface area (Å²) < 4.78 is 0. The lowest BCUT2D eigenvalue weighted by atomic mass is 10.1. The van der Waals surface area contributed by atoms with Crippen molar-refractivity contribution in [2.75, 3.05) is 19.3 Å². The minimum atomic E-state index is 0.868. The number of hydrogen-bond acceptors (Lipinski definition) is 2. The Labute approximate surface area is 98.8 Å². The predicted molar refractivity (Wildman–Crippen MR) is 73.4 cm³/mol. The summed E-state index contributed by atoms with van der Waals surface area (Å²) in [6.45, 7) is 2.10. The molecule has 0 aromatic rings. The van der Waals surface area contributed by atoms with Gasteiger partial charge in [0.25, 0.3) is 0 Å². The highest BCUT2D eigenvalue weighted by atomic mass is 28.1. The lowest BCUT2D eigenvalue weighted by molar-refractivity contribution is 0.553. The summed E-state index contributed by atoms with van der Waals surface area (Å²) in [4.78, 5) is 0. The summed E-state index contributed by atoms with van der Waals surface area (Å²) >= 11 is 0. The summed E-state index contributed by atoms with van der Waals surface area (Å²) in [6, 6.07) is 0. The third-order valence-corrected chi connectivity index (χ3v) is 3.31. The van der Waals surface area contributed by atoms with E-state index in [1.54, 1.807) is 0 Å². The fraction of sp³-hybridized carbons (Fsp3) is 1.00. The van der Waals surface area contributed by atoms with Crippen LogP contribution in [0.4, 0.5) is 0 Å². The molecule has 0 radical (unpaired) electrons. The van der Waals surface area contributed by atoms with Crippen LogP contribution in [-0.2, 0) is 0 Å². The lowest BCUT2D eigenvalue weighted by Crippen LogP contribution is -2.16. The maximum absolute atomic E-state index is 5.45. The van der Waals surface area contributed by atoms with E-state index in [9.17, 15) is 0 Å². The average molecular weight is 230 g/mol. The Kier molecular flexibility index (Phi) is 14.3. The van der Waals surface area contributed by atoms with Gasteiger partial charge in [-0.15, -0.1) is 0 Å². The second-order valence-corrected chi connectivity index (χ2v) is 5.03. The maximum Gasteiger partial charge on any atom is 0.0201 e. The zero-order chi connectivity index (χ0) is 11.2. The Balaban J connectivity index is 2.81. The van der Waals surface area contributed by atoms with E-state index < -0.39 is 0 Å². The van der Waals surface area contributed by atoms with Crippen molar-refractivity contribution in [3.8, 4) is 0 Å². The molecule has 0 aliphatic heterocycles. The topological polar surface area (TPSA) is 38.0 Å². The van der Waals surface area contributed by atoms with Crippen molar-refractivity contribution in [1.82, 2.24) is 5.32 Å². The Morgan fingerprint density at radius 2 is 1.20 bits per heavy atom. The van der Waals surface area contributed by atoms with E-state index in [-0.39, 0.29) is 0 Å². The van der Waals surface area contributed by atoms with E-state index in [0.717, 1.165) is 6.54 Å². The molecule has 0 aromatic heterocycles. The average Bonchev–Trinajstić information content (AvgIpc) is 2.26. The van der Waals surface area contributed by atoms with Gasteiger partial charge in [-0.1, -0.05) is 44.9 Å². The summed E-state index contributed by atoms with van der Waals surface area (Å²) in [6.07, 6.45) is 13.7. The molecule has 0 amide bonds. The van der Waals surface area contributed by atoms with Gasteiger partial charge in [0.15, 0.2) is 0 Å². The van der Waals surface area contributed by atoms with Gasteiger partial charge in [-0.05, 0) is 32.1 Å². The van der Waals surface area contributed by atoms with Crippen LogP contribution < -0.4 is 11.1 Å². The van der Waals surface area contributed by atoms with E-state index in [1.165, 1.54) is 80.7 Å². The molecule has 0 aliphatic carbocycles. The van der Waals surface area contributed by atoms with Gasteiger partial charge in [-0.2, -0.15) is 0 Å². The van der Waals surface area contributed by atoms with Crippen LogP contribution in [0, 0.1) is 0 Å². The smallest absolute Gasteiger partial charge is 0.0201 e. The minimum Gasteiger partial charge on any atom is -0.330 e. The van der Waals surface area contributed by atoms with Gasteiger partial charge >= 0.3 is 0 Å². The fourth-order valence-corrected chi connectivity index (χ4v) is 2.16. The molecule has 0 fully saturated rings. The first-order valence-electron chi connectivity index (χ1n) is 6.82. The maximum atomic E-state index is 5.45. The van der Waals surface area contributed by atoms with Gasteiger partial charge in [0.1, 0.15) is 0 Å². The summed E-state index contributed by atoms with van der Waals surface area (Å²) in [5.74, 6) is 0. The van der Waals surface area contributed by atoms with Crippen molar-refractivity contribution < 1.29 is 0 Å². The molecule has 0 spiro atoms. The first-order chi connectivity index (χ1) is 7.41. The van der Waals surface area contributed by atoms with Crippen LogP contribution in [0.3, 0.4) is 0 Å². The first-order valence-corrected chi connectivity index (χ1v) is 8.24. The molecule has 0 rings (SSSR count). The molecule has 15 heavy (non-hydrogen) atoms. The molecule has 0 bridgehead atoms. The van der Waals surface area contributed by atoms with Crippen molar-refractivity contribution in [2.24, 2.45) is 5.73 Å². The minimum absolute atomic E-state index is 0.868. The van der Waals surface area contributed by atoms with Crippen molar-refractivity contribution in [2.45, 2.75) is 57.8 Å². The Morgan fingerprint density at radius 1 is 0.733 bits per heavy atom. The summed E-state index contributed by atoms with van der Waals surface area (Å²) in [5, 5.41) is 3.42. The highest BCUT2D eigenvalue weighted by molar-refractivity contribution is 6.08. The number of nitrogens with two attached hydrogens (primary N) is 1. The quantitative estimate of drug-likeness (QED) is 0.392. The normalized spacial score (nSPS) is 11.0. The van der Waals surface area contributed by atoms with Crippen LogP contribution in [0.2, 0.25) is 0 Å². The molecule has 0 heterocycles. The molecule has 92 valence electrons. The lowest BCUT2D eigenvalue weighted by Gasteiger charge is -2.02. The number of hydrogen-bond donors (Lipinski definition) is 2. The van der Waals surface area contributed by atoms with Crippen LogP contribution in [0.5, 0.6) is 0 Å². The first kappa shape index (κ1) is 15.1. The van der Waals surface area contributed by atoms with E-state index >= 15 is 0 Å². The largest absolute Gasteiger partial charge is 0.330 e. The molecule has 0 saturated heterocycles. The third-order valence-electron chi connectivity index (χ3n) is 2.81. The van der Waals surface area contributed by atoms with Gasteiger partial charge in [-0.25, -0.2) is 0 Å². The molecule has 0 aromatic carbocycles. The highest BCUT2D eigenvalue weighted by Gasteiger charge is 1.91. The van der Waals surface area contributed by atoms with Crippen molar-refractivity contribution in [3.63, 3.8) is 0 Å². The number of nitrogens with one attached hydrogen (secondary N) is 1. The molecule has 0 saturated carbocycles. The van der Waals surface area contributed by atoms with Crippen LogP contribution in [0.1, 0.15) is 57.8 Å². The van der Waals surface area contributed by atoms with E-state index in [0.29, 0.717) is 0 Å². The Hall–Kier alpha value is 0.137. The van der Waals surface area contributed by atoms with E-state index in [1.807, 2.05) is 0 Å². The van der Waals surface area contributed by atoms with E-state index in [4.69, 9.17) is 5.73 Å². The molecular formula is C12H30N2Si. The Morgan fingerprint density at radius 3 is 1.67 bits per heavy atom. The van der Waals surface area contributed by atoms with Crippen LogP contribution in [0.15, 0.2) is 0 Å². The van der Waals surface area contributed by atoms with Crippen LogP contribution in [0.25, 0.3) is 0 Å². The Bertz CT molecular complexity index is 97.8. The molecule has 3 heteroatoms. The molecule has 0 aliphatic rings. The second-order valence-electron chi connectivity index (χ2n) is 4.32. The third kappa shape index (κ3) is 14.1. The van der Waals surface area contributed by atoms with Gasteiger partial charge < -0.3 is 11.1 Å². The fourth-order valence-electron chi connectivity index (χ4n) is 1.81. The SMILES string of the molecule is NCCCCCCCCCCCNC[SiH3]. The summed E-state index contributed by atoms with van der Waals surface area (Å²) in [5.41, 5.74) is 5.45. The van der Waals surface area contributed by atoms with Gasteiger partial charge in [0, 0.05) is 10.2 Å². The van der Waals surface area contributed by atoms with Gasteiger partial charge in [0.05, 0.1) is 0 Å². The zero-order valence-corrected chi connectivity index (χ0v) is 12.6. The standard InChI is InChI=1S/C12H30N2Si/c13-10-8-6-4-2-1-3-5-7-9-11-14-12-15/h14H,1-13H2,15H3. The molecule has 0 atom stereocenters. The van der Waals surface area contributed by atoms with Crippen molar-refractivity contribution >= 4 is 10.2 Å². The van der Waals surface area contributed by atoms with Gasteiger partial charge in [-0.3, -0.25) is 0 Å². The molecule has 3 N–H and O–H groups in total. The molecule has 0 unspecified atom stereocenters. The zero-order valence-electron chi connectivity index (χ0n) is 10.6. The van der Waals surface area contributed by atoms with Crippen LogP contribution >= 0.6 is 0 Å². The monoisotopic (exact) mass is 230 g/mol. The number of unbranched alkanes of at least 4 members (excludes halogenated alkanes) is 8. The van der Waals surface area contributed by atoms with E-state index in [2.05, 4.69) is 5.32 Å². The number of rotatable bonds is 12. The van der Waals surface area contributed by atoms with Gasteiger partial charge in [0.2, 0.25) is 0 Å².